The van der Waals surface area contributed by atoms with E-state index in [0.29, 0.717) is 0 Å². The Labute approximate surface area is 190 Å². The summed E-state index contributed by atoms with van der Waals surface area (Å²) < 4.78 is 0. The molecule has 2 aromatic rings. The van der Waals surface area contributed by atoms with Gasteiger partial charge in [-0.3, -0.25) is 0 Å². The van der Waals surface area contributed by atoms with Gasteiger partial charge >= 0.3 is 0 Å². The van der Waals surface area contributed by atoms with Crippen LogP contribution in [-0.4, -0.2) is 22.4 Å². The van der Waals surface area contributed by atoms with Gasteiger partial charge in [-0.25, -0.2) is 0 Å². The van der Waals surface area contributed by atoms with E-state index in [0.717, 1.165) is 94.8 Å². The maximum Gasteiger partial charge on any atom is 0.0609 e. The zero-order valence-corrected chi connectivity index (χ0v) is 19.5. The van der Waals surface area contributed by atoms with Gasteiger partial charge in [0.1, 0.15) is 0 Å². The number of aliphatic hydroxyl groups is 2. The maximum absolute atomic E-state index is 10.6. The molecule has 6 N–H and O–H groups in total. The maximum atomic E-state index is 10.6. The van der Waals surface area contributed by atoms with Crippen molar-refractivity contribution in [2.45, 2.75) is 99.0 Å². The van der Waals surface area contributed by atoms with Crippen molar-refractivity contribution in [2.75, 3.05) is 11.5 Å². The molecular weight excluding hydrogens is 404 g/mol. The standard InChI is InChI=1S/C26H36N2O2S/c1-15-11-13-21(25(27)23(15)17-7-3-5-9-19(17)29)31-22-14-12-16(2)24(26(22)28)18-8-4-6-10-20(18)30/h11-14,17-20,29-30H,3-10,27-28H2,1-2H3. The summed E-state index contributed by atoms with van der Waals surface area (Å²) in [5.74, 6) is 0.218. The molecule has 0 aromatic heterocycles. The molecule has 2 aliphatic rings. The summed E-state index contributed by atoms with van der Waals surface area (Å²) in [5, 5.41) is 21.3. The van der Waals surface area contributed by atoms with Crippen molar-refractivity contribution in [1.29, 1.82) is 0 Å². The number of benzene rings is 2. The minimum absolute atomic E-state index is 0.109. The average molecular weight is 441 g/mol. The van der Waals surface area contributed by atoms with Gasteiger partial charge in [-0.05, 0) is 73.9 Å². The molecule has 2 aromatic carbocycles. The molecule has 4 nitrogen and oxygen atoms in total. The van der Waals surface area contributed by atoms with Crippen molar-refractivity contribution in [3.63, 3.8) is 0 Å². The summed E-state index contributed by atoms with van der Waals surface area (Å²) in [6.07, 6.45) is 7.45. The van der Waals surface area contributed by atoms with Crippen LogP contribution in [0.3, 0.4) is 0 Å². The summed E-state index contributed by atoms with van der Waals surface area (Å²) in [6.45, 7) is 4.18. The second-order valence-electron chi connectivity index (χ2n) is 9.43. The molecule has 4 atom stereocenters. The molecule has 2 aliphatic carbocycles. The lowest BCUT2D eigenvalue weighted by Crippen LogP contribution is -2.24. The number of hydrogen-bond acceptors (Lipinski definition) is 5. The lowest BCUT2D eigenvalue weighted by atomic mass is 9.79. The zero-order chi connectivity index (χ0) is 22.1. The van der Waals surface area contributed by atoms with E-state index in [1.54, 1.807) is 11.8 Å². The van der Waals surface area contributed by atoms with Gasteiger partial charge in [0.15, 0.2) is 0 Å². The third-order valence-electron chi connectivity index (χ3n) is 7.35. The van der Waals surface area contributed by atoms with Gasteiger partial charge in [0.05, 0.1) is 12.2 Å². The van der Waals surface area contributed by atoms with Crippen molar-refractivity contribution in [3.8, 4) is 0 Å². The minimum Gasteiger partial charge on any atom is -0.398 e. The summed E-state index contributed by atoms with van der Waals surface area (Å²) in [7, 11) is 0. The predicted octanol–water partition coefficient (Wildman–Crippen LogP) is 5.66. The predicted molar refractivity (Wildman–Crippen MR) is 130 cm³/mol. The number of aryl methyl sites for hydroxylation is 2. The van der Waals surface area contributed by atoms with Crippen LogP contribution in [0.4, 0.5) is 11.4 Å². The first-order valence-electron chi connectivity index (χ1n) is 11.7. The van der Waals surface area contributed by atoms with E-state index in [1.807, 2.05) is 0 Å². The van der Waals surface area contributed by atoms with Crippen molar-refractivity contribution < 1.29 is 10.2 Å². The molecule has 4 unspecified atom stereocenters. The quantitative estimate of drug-likeness (QED) is 0.461. The second-order valence-corrected chi connectivity index (χ2v) is 10.5. The fraction of sp³-hybridized carbons (Fsp3) is 0.538. The van der Waals surface area contributed by atoms with E-state index in [-0.39, 0.29) is 24.0 Å². The van der Waals surface area contributed by atoms with E-state index >= 15 is 0 Å². The van der Waals surface area contributed by atoms with E-state index in [9.17, 15) is 10.2 Å². The van der Waals surface area contributed by atoms with Crippen LogP contribution in [-0.2, 0) is 0 Å². The molecule has 0 saturated heterocycles. The molecule has 4 rings (SSSR count). The number of anilines is 2. The highest BCUT2D eigenvalue weighted by Gasteiger charge is 2.30. The van der Waals surface area contributed by atoms with Crippen LogP contribution < -0.4 is 11.5 Å². The highest BCUT2D eigenvalue weighted by atomic mass is 32.2. The van der Waals surface area contributed by atoms with Gasteiger partial charge < -0.3 is 21.7 Å². The Morgan fingerprint density at radius 2 is 1.06 bits per heavy atom. The first kappa shape index (κ1) is 22.5. The fourth-order valence-electron chi connectivity index (χ4n) is 5.63. The van der Waals surface area contributed by atoms with Crippen LogP contribution in [0.5, 0.6) is 0 Å². The van der Waals surface area contributed by atoms with E-state index in [4.69, 9.17) is 11.5 Å². The van der Waals surface area contributed by atoms with Gasteiger partial charge in [-0.15, -0.1) is 0 Å². The number of nitrogen functional groups attached to an aromatic ring is 2. The Morgan fingerprint density at radius 3 is 1.45 bits per heavy atom. The van der Waals surface area contributed by atoms with Gasteiger partial charge in [0.25, 0.3) is 0 Å². The Hall–Kier alpha value is -1.69. The number of aliphatic hydroxyl groups excluding tert-OH is 2. The monoisotopic (exact) mass is 440 g/mol. The first-order chi connectivity index (χ1) is 14.9. The van der Waals surface area contributed by atoms with Gasteiger partial charge in [-0.1, -0.05) is 49.6 Å². The highest BCUT2D eigenvalue weighted by molar-refractivity contribution is 7.99. The van der Waals surface area contributed by atoms with Gasteiger partial charge in [0.2, 0.25) is 0 Å². The number of rotatable bonds is 4. The smallest absolute Gasteiger partial charge is 0.0609 e. The molecule has 168 valence electrons. The molecule has 0 amide bonds. The number of nitrogens with two attached hydrogens (primary N) is 2. The first-order valence-corrected chi connectivity index (χ1v) is 12.5. The largest absolute Gasteiger partial charge is 0.398 e. The highest BCUT2D eigenvalue weighted by Crippen LogP contribution is 2.46. The van der Waals surface area contributed by atoms with E-state index in [2.05, 4.69) is 38.1 Å². The van der Waals surface area contributed by atoms with Crippen molar-refractivity contribution in [2.24, 2.45) is 0 Å². The Balaban J connectivity index is 1.68. The molecular formula is C26H36N2O2S. The summed E-state index contributed by atoms with van der Waals surface area (Å²) in [4.78, 5) is 1.98. The van der Waals surface area contributed by atoms with E-state index in [1.165, 1.54) is 0 Å². The molecule has 0 aliphatic heterocycles. The summed E-state index contributed by atoms with van der Waals surface area (Å²) >= 11 is 1.60. The fourth-order valence-corrected chi connectivity index (χ4v) is 6.58. The SMILES string of the molecule is Cc1ccc(Sc2ccc(C)c(C3CCCCC3O)c2N)c(N)c1C1CCCCC1O. The lowest BCUT2D eigenvalue weighted by molar-refractivity contribution is 0.106. The molecule has 31 heavy (non-hydrogen) atoms. The lowest BCUT2D eigenvalue weighted by Gasteiger charge is -2.31. The molecule has 0 bridgehead atoms. The van der Waals surface area contributed by atoms with Crippen molar-refractivity contribution >= 4 is 23.1 Å². The Morgan fingerprint density at radius 1 is 0.677 bits per heavy atom. The second kappa shape index (κ2) is 9.43. The molecule has 0 heterocycles. The normalized spacial score (nSPS) is 26.7. The average Bonchev–Trinajstić information content (AvgIpc) is 2.74. The third kappa shape index (κ3) is 4.46. The van der Waals surface area contributed by atoms with Gasteiger partial charge in [0, 0.05) is 33.0 Å². The van der Waals surface area contributed by atoms with Crippen LogP contribution in [0.1, 0.15) is 85.5 Å². The molecule has 0 spiro atoms. The topological polar surface area (TPSA) is 92.5 Å². The van der Waals surface area contributed by atoms with Crippen LogP contribution in [0, 0.1) is 13.8 Å². The minimum atomic E-state index is -0.321. The van der Waals surface area contributed by atoms with Crippen LogP contribution >= 0.6 is 11.8 Å². The van der Waals surface area contributed by atoms with E-state index < -0.39 is 0 Å². The Kier molecular flexibility index (Phi) is 6.85. The third-order valence-corrected chi connectivity index (χ3v) is 8.50. The van der Waals surface area contributed by atoms with Crippen LogP contribution in [0.25, 0.3) is 0 Å². The molecule has 0 radical (unpaired) electrons. The van der Waals surface area contributed by atoms with Gasteiger partial charge in [-0.2, -0.15) is 0 Å². The number of hydrogen-bond donors (Lipinski definition) is 4. The molecule has 2 fully saturated rings. The summed E-state index contributed by atoms with van der Waals surface area (Å²) in [5.41, 5.74) is 19.4. The Bertz CT molecular complexity index is 870. The molecule has 5 heteroatoms. The summed E-state index contributed by atoms with van der Waals surface area (Å²) in [6, 6.07) is 8.38. The van der Waals surface area contributed by atoms with Crippen molar-refractivity contribution in [1.82, 2.24) is 0 Å². The zero-order valence-electron chi connectivity index (χ0n) is 18.7. The molecule has 2 saturated carbocycles. The van der Waals surface area contributed by atoms with Crippen LogP contribution in [0.15, 0.2) is 34.1 Å². The van der Waals surface area contributed by atoms with Crippen molar-refractivity contribution in [3.05, 3.63) is 46.5 Å². The van der Waals surface area contributed by atoms with Crippen LogP contribution in [0.2, 0.25) is 0 Å².